The van der Waals surface area contributed by atoms with Crippen molar-refractivity contribution in [2.45, 2.75) is 19.7 Å². The number of rotatable bonds is 7. The van der Waals surface area contributed by atoms with E-state index in [0.717, 1.165) is 11.1 Å². The van der Waals surface area contributed by atoms with Crippen molar-refractivity contribution in [3.63, 3.8) is 0 Å². The minimum Gasteiger partial charge on any atom is -0.496 e. The van der Waals surface area contributed by atoms with Gasteiger partial charge in [-0.2, -0.15) is 8.78 Å². The first-order valence-corrected chi connectivity index (χ1v) is 7.26. The number of hydrogen-bond acceptors (Lipinski definition) is 3. The van der Waals surface area contributed by atoms with Crippen molar-refractivity contribution in [1.82, 2.24) is 10.6 Å². The molecule has 0 bridgehead atoms. The van der Waals surface area contributed by atoms with Crippen LogP contribution in [-0.2, 0) is 13.1 Å². The highest BCUT2D eigenvalue weighted by Gasteiger charge is 2.06. The summed E-state index contributed by atoms with van der Waals surface area (Å²) in [4.78, 5) is 11.8. The molecule has 2 amide bonds. The van der Waals surface area contributed by atoms with Crippen molar-refractivity contribution in [3.05, 3.63) is 59.7 Å². The molecule has 2 aromatic rings. The van der Waals surface area contributed by atoms with E-state index in [4.69, 9.17) is 4.74 Å². The van der Waals surface area contributed by atoms with E-state index in [0.29, 0.717) is 12.3 Å². The maximum atomic E-state index is 12.1. The molecular weight excluding hydrogens is 318 g/mol. The fraction of sp³-hybridized carbons (Fsp3) is 0.235. The highest BCUT2D eigenvalue weighted by molar-refractivity contribution is 5.73. The number of nitrogens with one attached hydrogen (secondary N) is 2. The first-order chi connectivity index (χ1) is 11.6. The van der Waals surface area contributed by atoms with Crippen LogP contribution >= 0.6 is 0 Å². The lowest BCUT2D eigenvalue weighted by atomic mass is 10.2. The van der Waals surface area contributed by atoms with E-state index < -0.39 is 6.61 Å². The molecule has 0 aliphatic heterocycles. The number of para-hydroxylation sites is 1. The maximum Gasteiger partial charge on any atom is 0.387 e. The zero-order chi connectivity index (χ0) is 17.4. The zero-order valence-electron chi connectivity index (χ0n) is 13.1. The van der Waals surface area contributed by atoms with Crippen molar-refractivity contribution >= 4 is 6.03 Å². The number of ether oxygens (including phenoxy) is 2. The van der Waals surface area contributed by atoms with Gasteiger partial charge in [-0.3, -0.25) is 0 Å². The van der Waals surface area contributed by atoms with Gasteiger partial charge in [-0.05, 0) is 23.8 Å². The SMILES string of the molecule is COc1ccccc1CNC(=O)NCc1ccc(OC(F)F)cc1. The molecule has 2 N–H and O–H groups in total. The van der Waals surface area contributed by atoms with Crippen LogP contribution in [0.2, 0.25) is 0 Å². The van der Waals surface area contributed by atoms with Gasteiger partial charge in [0.15, 0.2) is 0 Å². The van der Waals surface area contributed by atoms with Crippen molar-refractivity contribution in [2.75, 3.05) is 7.11 Å². The molecule has 0 heterocycles. The number of urea groups is 1. The van der Waals surface area contributed by atoms with Crippen LogP contribution in [-0.4, -0.2) is 19.8 Å². The van der Waals surface area contributed by atoms with Crippen LogP contribution in [0.25, 0.3) is 0 Å². The fourth-order valence-corrected chi connectivity index (χ4v) is 2.06. The van der Waals surface area contributed by atoms with Gasteiger partial charge in [0, 0.05) is 18.7 Å². The summed E-state index contributed by atoms with van der Waals surface area (Å²) in [5, 5.41) is 5.41. The Labute approximate surface area is 138 Å². The van der Waals surface area contributed by atoms with Crippen LogP contribution in [0.15, 0.2) is 48.5 Å². The van der Waals surface area contributed by atoms with E-state index in [2.05, 4.69) is 15.4 Å². The minimum absolute atomic E-state index is 0.0781. The second kappa shape index (κ2) is 8.71. The third kappa shape index (κ3) is 5.42. The number of halogens is 2. The average Bonchev–Trinajstić information content (AvgIpc) is 2.59. The number of hydrogen-bond donors (Lipinski definition) is 2. The molecule has 0 atom stereocenters. The molecule has 0 unspecified atom stereocenters. The van der Waals surface area contributed by atoms with Crippen LogP contribution in [0.5, 0.6) is 11.5 Å². The van der Waals surface area contributed by atoms with Gasteiger partial charge in [0.05, 0.1) is 7.11 Å². The molecule has 0 aromatic heterocycles. The fourth-order valence-electron chi connectivity index (χ4n) is 2.06. The van der Waals surface area contributed by atoms with Gasteiger partial charge in [0.25, 0.3) is 0 Å². The Balaban J connectivity index is 1.78. The van der Waals surface area contributed by atoms with Crippen molar-refractivity contribution in [1.29, 1.82) is 0 Å². The van der Waals surface area contributed by atoms with E-state index in [1.165, 1.54) is 12.1 Å². The van der Waals surface area contributed by atoms with Crippen molar-refractivity contribution in [3.8, 4) is 11.5 Å². The minimum atomic E-state index is -2.85. The molecule has 128 valence electrons. The van der Waals surface area contributed by atoms with Gasteiger partial charge in [-0.15, -0.1) is 0 Å². The van der Waals surface area contributed by atoms with Gasteiger partial charge < -0.3 is 20.1 Å². The second-order valence-corrected chi connectivity index (χ2v) is 4.87. The molecule has 2 aromatic carbocycles. The van der Waals surface area contributed by atoms with Gasteiger partial charge >= 0.3 is 12.6 Å². The molecular formula is C17H18F2N2O3. The first kappa shape index (κ1) is 17.5. The van der Waals surface area contributed by atoms with Crippen LogP contribution in [0.4, 0.5) is 13.6 Å². The molecule has 0 fully saturated rings. The van der Waals surface area contributed by atoms with Crippen molar-refractivity contribution < 1.29 is 23.0 Å². The molecule has 0 saturated carbocycles. The molecule has 7 heteroatoms. The predicted molar refractivity (Wildman–Crippen MR) is 85.1 cm³/mol. The summed E-state index contributed by atoms with van der Waals surface area (Å²) >= 11 is 0. The third-order valence-corrected chi connectivity index (χ3v) is 3.23. The molecule has 5 nitrogen and oxygen atoms in total. The highest BCUT2D eigenvalue weighted by atomic mass is 19.3. The van der Waals surface area contributed by atoms with Gasteiger partial charge in [-0.1, -0.05) is 30.3 Å². The zero-order valence-corrected chi connectivity index (χ0v) is 13.1. The summed E-state index contributed by atoms with van der Waals surface area (Å²) < 4.78 is 33.6. The lowest BCUT2D eigenvalue weighted by Gasteiger charge is -2.11. The molecule has 24 heavy (non-hydrogen) atoms. The largest absolute Gasteiger partial charge is 0.496 e. The van der Waals surface area contributed by atoms with Crippen LogP contribution in [0.3, 0.4) is 0 Å². The summed E-state index contributed by atoms with van der Waals surface area (Å²) in [5.41, 5.74) is 1.63. The Morgan fingerprint density at radius 2 is 1.71 bits per heavy atom. The van der Waals surface area contributed by atoms with Gasteiger partial charge in [-0.25, -0.2) is 4.79 Å². The number of carbonyl (C=O) groups excluding carboxylic acids is 1. The lowest BCUT2D eigenvalue weighted by molar-refractivity contribution is -0.0498. The summed E-state index contributed by atoms with van der Waals surface area (Å²) in [6.45, 7) is -2.25. The monoisotopic (exact) mass is 336 g/mol. The number of benzene rings is 2. The summed E-state index contributed by atoms with van der Waals surface area (Å²) in [5.74, 6) is 0.779. The Morgan fingerprint density at radius 1 is 1.04 bits per heavy atom. The highest BCUT2D eigenvalue weighted by Crippen LogP contribution is 2.17. The average molecular weight is 336 g/mol. The first-order valence-electron chi connectivity index (χ1n) is 7.26. The molecule has 0 spiro atoms. The quantitative estimate of drug-likeness (QED) is 0.816. The van der Waals surface area contributed by atoms with Crippen molar-refractivity contribution in [2.24, 2.45) is 0 Å². The number of methoxy groups -OCH3 is 1. The Hall–Kier alpha value is -2.83. The number of amides is 2. The standard InChI is InChI=1S/C17H18F2N2O3/c1-23-15-5-3-2-4-13(15)11-21-17(22)20-10-12-6-8-14(9-7-12)24-16(18)19/h2-9,16H,10-11H2,1H3,(H2,20,21,22). The normalized spacial score (nSPS) is 10.3. The Kier molecular flexibility index (Phi) is 6.36. The predicted octanol–water partition coefficient (Wildman–Crippen LogP) is 3.30. The van der Waals surface area contributed by atoms with E-state index in [1.54, 1.807) is 19.2 Å². The smallest absolute Gasteiger partial charge is 0.387 e. The van der Waals surface area contributed by atoms with Gasteiger partial charge in [0.2, 0.25) is 0 Å². The van der Waals surface area contributed by atoms with E-state index in [9.17, 15) is 13.6 Å². The molecule has 2 rings (SSSR count). The lowest BCUT2D eigenvalue weighted by Crippen LogP contribution is -2.34. The second-order valence-electron chi connectivity index (χ2n) is 4.87. The summed E-state index contributed by atoms with van der Waals surface area (Å²) in [7, 11) is 1.57. The van der Waals surface area contributed by atoms with E-state index in [-0.39, 0.29) is 18.3 Å². The summed E-state index contributed by atoms with van der Waals surface area (Å²) in [6, 6.07) is 13.1. The topological polar surface area (TPSA) is 59.6 Å². The Bertz CT molecular complexity index is 663. The number of alkyl halides is 2. The summed E-state index contributed by atoms with van der Waals surface area (Å²) in [6.07, 6.45) is 0. The molecule has 0 radical (unpaired) electrons. The number of carbonyl (C=O) groups is 1. The van der Waals surface area contributed by atoms with Gasteiger partial charge in [0.1, 0.15) is 11.5 Å². The van der Waals surface area contributed by atoms with Crippen LogP contribution < -0.4 is 20.1 Å². The van der Waals surface area contributed by atoms with Crippen LogP contribution in [0, 0.1) is 0 Å². The molecule has 0 aliphatic carbocycles. The maximum absolute atomic E-state index is 12.1. The Morgan fingerprint density at radius 3 is 2.38 bits per heavy atom. The van der Waals surface area contributed by atoms with Crippen LogP contribution in [0.1, 0.15) is 11.1 Å². The molecule has 0 saturated heterocycles. The molecule has 0 aliphatic rings. The third-order valence-electron chi connectivity index (χ3n) is 3.23. The van der Waals surface area contributed by atoms with E-state index >= 15 is 0 Å². The van der Waals surface area contributed by atoms with E-state index in [1.807, 2.05) is 24.3 Å².